The summed E-state index contributed by atoms with van der Waals surface area (Å²) in [5.41, 5.74) is 3.06. The number of ether oxygens (including phenoxy) is 3. The van der Waals surface area contributed by atoms with Gasteiger partial charge in [-0.1, -0.05) is 41.9 Å². The van der Waals surface area contributed by atoms with Crippen LogP contribution in [0.2, 0.25) is 5.02 Å². The Kier molecular flexibility index (Phi) is 6.93. The molecule has 0 saturated heterocycles. The molecule has 1 unspecified atom stereocenters. The number of benzene rings is 3. The molecule has 9 nitrogen and oxygen atoms in total. The Morgan fingerprint density at radius 1 is 0.947 bits per heavy atom. The molecule has 0 spiro atoms. The van der Waals surface area contributed by atoms with Crippen LogP contribution in [0.4, 0.5) is 11.6 Å². The van der Waals surface area contributed by atoms with Crippen LogP contribution in [0.5, 0.6) is 17.2 Å². The number of rotatable bonds is 7. The first-order valence-corrected chi connectivity index (χ1v) is 12.2. The van der Waals surface area contributed by atoms with Gasteiger partial charge in [-0.25, -0.2) is 4.68 Å². The zero-order valence-electron chi connectivity index (χ0n) is 21.3. The van der Waals surface area contributed by atoms with Crippen molar-refractivity contribution in [3.63, 3.8) is 0 Å². The highest BCUT2D eigenvalue weighted by Gasteiger charge is 2.35. The van der Waals surface area contributed by atoms with Crippen molar-refractivity contribution in [3.8, 4) is 28.6 Å². The van der Waals surface area contributed by atoms with Gasteiger partial charge in [-0.15, -0.1) is 5.10 Å². The van der Waals surface area contributed by atoms with Crippen molar-refractivity contribution in [2.45, 2.75) is 13.0 Å². The summed E-state index contributed by atoms with van der Waals surface area (Å²) in [7, 11) is 4.71. The molecule has 0 bridgehead atoms. The van der Waals surface area contributed by atoms with Crippen molar-refractivity contribution in [3.05, 3.63) is 88.6 Å². The fourth-order valence-electron chi connectivity index (χ4n) is 4.46. The zero-order chi connectivity index (χ0) is 26.8. The number of fused-ring (bicyclic) bond motifs is 1. The zero-order valence-corrected chi connectivity index (χ0v) is 22.0. The van der Waals surface area contributed by atoms with E-state index in [9.17, 15) is 4.79 Å². The van der Waals surface area contributed by atoms with Crippen molar-refractivity contribution >= 4 is 29.1 Å². The van der Waals surface area contributed by atoms with Gasteiger partial charge in [0.05, 0.1) is 32.6 Å². The summed E-state index contributed by atoms with van der Waals surface area (Å²) in [5.74, 6) is 2.31. The van der Waals surface area contributed by atoms with Crippen LogP contribution in [0.25, 0.3) is 11.4 Å². The maximum atomic E-state index is 13.8. The molecule has 10 heteroatoms. The van der Waals surface area contributed by atoms with Crippen LogP contribution in [0, 0.1) is 0 Å². The van der Waals surface area contributed by atoms with Gasteiger partial charge in [0.1, 0.15) is 11.8 Å². The molecule has 1 aliphatic rings. The SMILES string of the molecule is COc1ccccc1NC(=O)C1=C(C)Nc2nc(-c3ccc(OC)c(OC)c3)nn2C1c1ccccc1Cl. The van der Waals surface area contributed by atoms with Crippen LogP contribution < -0.4 is 24.8 Å². The third-order valence-electron chi connectivity index (χ3n) is 6.29. The third kappa shape index (κ3) is 4.52. The number of nitrogens with one attached hydrogen (secondary N) is 2. The van der Waals surface area contributed by atoms with E-state index in [0.717, 1.165) is 5.56 Å². The first-order valence-electron chi connectivity index (χ1n) is 11.8. The first kappa shape index (κ1) is 25.2. The second-order valence-corrected chi connectivity index (χ2v) is 8.92. The van der Waals surface area contributed by atoms with Crippen LogP contribution >= 0.6 is 11.6 Å². The number of hydrogen-bond acceptors (Lipinski definition) is 7. The largest absolute Gasteiger partial charge is 0.495 e. The van der Waals surface area contributed by atoms with Gasteiger partial charge < -0.3 is 24.8 Å². The van der Waals surface area contributed by atoms with Gasteiger partial charge >= 0.3 is 0 Å². The van der Waals surface area contributed by atoms with Crippen molar-refractivity contribution in [1.82, 2.24) is 14.8 Å². The van der Waals surface area contributed by atoms with Crippen molar-refractivity contribution in [2.75, 3.05) is 32.0 Å². The second-order valence-electron chi connectivity index (χ2n) is 8.52. The lowest BCUT2D eigenvalue weighted by Gasteiger charge is -2.29. The van der Waals surface area contributed by atoms with Gasteiger partial charge in [0.25, 0.3) is 5.91 Å². The Labute approximate surface area is 225 Å². The number of amides is 1. The van der Waals surface area contributed by atoms with Crippen LogP contribution in [0.3, 0.4) is 0 Å². The Morgan fingerprint density at radius 2 is 1.66 bits per heavy atom. The standard InChI is InChI=1S/C28H26ClN5O4/c1-16-24(27(35)31-20-11-7-8-12-21(20)36-2)25(18-9-5-6-10-19(18)29)34-28(30-16)32-26(33-34)17-13-14-22(37-3)23(15-17)38-4/h5-15,25H,1-4H3,(H,31,35)(H,30,32,33). The van der Waals surface area contributed by atoms with Crippen LogP contribution in [0.1, 0.15) is 18.5 Å². The molecule has 194 valence electrons. The molecule has 38 heavy (non-hydrogen) atoms. The predicted molar refractivity (Wildman–Crippen MR) is 146 cm³/mol. The summed E-state index contributed by atoms with van der Waals surface area (Å²) < 4.78 is 17.9. The Balaban J connectivity index is 1.61. The molecule has 0 radical (unpaired) electrons. The molecule has 0 saturated carbocycles. The lowest BCUT2D eigenvalue weighted by molar-refractivity contribution is -0.113. The summed E-state index contributed by atoms with van der Waals surface area (Å²) in [4.78, 5) is 18.5. The highest BCUT2D eigenvalue weighted by molar-refractivity contribution is 6.31. The normalized spacial score (nSPS) is 14.4. The molecule has 1 aliphatic heterocycles. The number of methoxy groups -OCH3 is 3. The van der Waals surface area contributed by atoms with E-state index >= 15 is 0 Å². The van der Waals surface area contributed by atoms with Gasteiger partial charge in [0.15, 0.2) is 17.3 Å². The third-order valence-corrected chi connectivity index (χ3v) is 6.64. The molecular weight excluding hydrogens is 506 g/mol. The number of anilines is 2. The lowest BCUT2D eigenvalue weighted by atomic mass is 9.95. The topological polar surface area (TPSA) is 99.5 Å². The molecule has 4 aromatic rings. The molecule has 2 N–H and O–H groups in total. The molecule has 3 aromatic carbocycles. The molecule has 1 atom stereocenters. The maximum Gasteiger partial charge on any atom is 0.255 e. The van der Waals surface area contributed by atoms with Crippen LogP contribution in [-0.4, -0.2) is 42.0 Å². The monoisotopic (exact) mass is 531 g/mol. The summed E-state index contributed by atoms with van der Waals surface area (Å²) in [6.45, 7) is 1.83. The molecule has 1 aromatic heterocycles. The first-order chi connectivity index (χ1) is 18.4. The van der Waals surface area contributed by atoms with Crippen LogP contribution in [-0.2, 0) is 4.79 Å². The molecule has 0 fully saturated rings. The fraction of sp³-hybridized carbons (Fsp3) is 0.179. The number of carbonyl (C=O) groups is 1. The summed E-state index contributed by atoms with van der Waals surface area (Å²) in [5, 5.41) is 11.5. The highest BCUT2D eigenvalue weighted by Crippen LogP contribution is 2.40. The quantitative estimate of drug-likeness (QED) is 0.322. The van der Waals surface area contributed by atoms with E-state index in [0.29, 0.717) is 56.6 Å². The minimum Gasteiger partial charge on any atom is -0.495 e. The minimum atomic E-state index is -0.643. The number of allylic oxidation sites excluding steroid dienone is 1. The lowest BCUT2D eigenvalue weighted by Crippen LogP contribution is -2.31. The van der Waals surface area contributed by atoms with Gasteiger partial charge in [0, 0.05) is 21.8 Å². The Hall–Kier alpha value is -4.50. The highest BCUT2D eigenvalue weighted by atomic mass is 35.5. The molecule has 0 aliphatic carbocycles. The molecule has 5 rings (SSSR count). The van der Waals surface area contributed by atoms with Gasteiger partial charge in [-0.3, -0.25) is 4.79 Å². The van der Waals surface area contributed by atoms with Crippen molar-refractivity contribution < 1.29 is 19.0 Å². The van der Waals surface area contributed by atoms with E-state index in [1.807, 2.05) is 43.3 Å². The summed E-state index contributed by atoms with van der Waals surface area (Å²) in [6.07, 6.45) is 0. The summed E-state index contributed by atoms with van der Waals surface area (Å²) in [6, 6.07) is 19.4. The molecule has 2 heterocycles. The number of hydrogen-bond donors (Lipinski definition) is 2. The number of aromatic nitrogens is 3. The fourth-order valence-corrected chi connectivity index (χ4v) is 4.70. The Bertz CT molecular complexity index is 1550. The van der Waals surface area contributed by atoms with E-state index in [1.165, 1.54) is 0 Å². The average molecular weight is 532 g/mol. The number of para-hydroxylation sites is 2. The van der Waals surface area contributed by atoms with Gasteiger partial charge in [0.2, 0.25) is 5.95 Å². The van der Waals surface area contributed by atoms with Crippen molar-refractivity contribution in [1.29, 1.82) is 0 Å². The van der Waals surface area contributed by atoms with Crippen molar-refractivity contribution in [2.24, 2.45) is 0 Å². The minimum absolute atomic E-state index is 0.321. The van der Waals surface area contributed by atoms with E-state index in [1.54, 1.807) is 56.3 Å². The predicted octanol–water partition coefficient (Wildman–Crippen LogP) is 5.55. The number of halogens is 1. The maximum absolute atomic E-state index is 13.8. The van der Waals surface area contributed by atoms with Gasteiger partial charge in [-0.05, 0) is 43.3 Å². The van der Waals surface area contributed by atoms with E-state index < -0.39 is 6.04 Å². The van der Waals surface area contributed by atoms with E-state index in [-0.39, 0.29) is 5.91 Å². The smallest absolute Gasteiger partial charge is 0.255 e. The van der Waals surface area contributed by atoms with Crippen LogP contribution in [0.15, 0.2) is 78.0 Å². The average Bonchev–Trinajstić information content (AvgIpc) is 3.36. The van der Waals surface area contributed by atoms with E-state index in [4.69, 9.17) is 35.9 Å². The number of nitrogens with zero attached hydrogens (tertiary/aromatic N) is 3. The second kappa shape index (κ2) is 10.5. The number of carbonyl (C=O) groups excluding carboxylic acids is 1. The summed E-state index contributed by atoms with van der Waals surface area (Å²) >= 11 is 6.66. The van der Waals surface area contributed by atoms with E-state index in [2.05, 4.69) is 10.6 Å². The molecular formula is C28H26ClN5O4. The van der Waals surface area contributed by atoms with Gasteiger partial charge in [-0.2, -0.15) is 4.98 Å². The Morgan fingerprint density at radius 3 is 2.39 bits per heavy atom. The molecule has 1 amide bonds.